The van der Waals surface area contributed by atoms with Crippen LogP contribution >= 0.6 is 12.4 Å². The Bertz CT molecular complexity index is 630. The number of H-pyrrole nitrogens is 1. The fourth-order valence-electron chi connectivity index (χ4n) is 2.81. The average Bonchev–Trinajstić information content (AvgIpc) is 2.81. The molecular weight excluding hydrogens is 282 g/mol. The summed E-state index contributed by atoms with van der Waals surface area (Å²) in [5, 5.41) is 10.8. The van der Waals surface area contributed by atoms with E-state index >= 15 is 0 Å². The average molecular weight is 296 g/mol. The molecule has 3 aliphatic heterocycles. The number of nitrogens with one attached hydrogen (secondary N) is 2. The summed E-state index contributed by atoms with van der Waals surface area (Å²) in [5.74, 6) is 1.43. The van der Waals surface area contributed by atoms with Crippen LogP contribution in [0.2, 0.25) is 0 Å². The summed E-state index contributed by atoms with van der Waals surface area (Å²) in [6, 6.07) is 1.78. The number of piperidine rings is 1. The molecule has 2 aromatic heterocycles. The van der Waals surface area contributed by atoms with Crippen LogP contribution in [0, 0.1) is 0 Å². The molecule has 5 rings (SSSR count). The highest BCUT2D eigenvalue weighted by atomic mass is 35.5. The molecule has 5 heterocycles. The lowest BCUT2D eigenvalue weighted by Crippen LogP contribution is -2.57. The molecule has 8 heteroatoms. The Morgan fingerprint density at radius 3 is 2.90 bits per heavy atom. The predicted octanol–water partition coefficient (Wildman–Crippen LogP) is 0.925. The minimum absolute atomic E-state index is 0. The summed E-state index contributed by atoms with van der Waals surface area (Å²) in [4.78, 5) is 16.8. The van der Waals surface area contributed by atoms with Gasteiger partial charge in [0, 0.05) is 31.8 Å². The monoisotopic (exact) mass is 295 g/mol. The number of ether oxygens (including phenoxy) is 1. The quantitative estimate of drug-likeness (QED) is 0.823. The molecule has 106 valence electrons. The summed E-state index contributed by atoms with van der Waals surface area (Å²) >= 11 is 0. The summed E-state index contributed by atoms with van der Waals surface area (Å²) in [5.41, 5.74) is 0.870. The number of carbonyl (C=O) groups is 1. The summed E-state index contributed by atoms with van der Waals surface area (Å²) in [6.45, 7) is 1.76. The number of amides is 1. The summed E-state index contributed by atoms with van der Waals surface area (Å²) in [7, 11) is 0. The van der Waals surface area contributed by atoms with Gasteiger partial charge < -0.3 is 15.0 Å². The van der Waals surface area contributed by atoms with E-state index in [1.165, 1.54) is 0 Å². The van der Waals surface area contributed by atoms with E-state index in [2.05, 4.69) is 25.4 Å². The molecule has 7 nitrogen and oxygen atoms in total. The van der Waals surface area contributed by atoms with Crippen molar-refractivity contribution >= 4 is 41.4 Å². The third-order valence-corrected chi connectivity index (χ3v) is 3.69. The van der Waals surface area contributed by atoms with Crippen molar-refractivity contribution in [3.63, 3.8) is 0 Å². The topological polar surface area (TPSA) is 83.1 Å². The van der Waals surface area contributed by atoms with E-state index in [-0.39, 0.29) is 12.4 Å². The Morgan fingerprint density at radius 1 is 1.45 bits per heavy atom. The molecule has 0 aromatic carbocycles. The first-order valence-corrected chi connectivity index (χ1v) is 6.28. The number of morpholine rings is 1. The maximum absolute atomic E-state index is 10.4. The fraction of sp³-hybridized carbons (Fsp3) is 0.417. The van der Waals surface area contributed by atoms with Gasteiger partial charge in [-0.15, -0.1) is 12.4 Å². The van der Waals surface area contributed by atoms with Crippen molar-refractivity contribution in [2.75, 3.05) is 23.3 Å². The molecule has 0 spiro atoms. The van der Waals surface area contributed by atoms with Crippen LogP contribution in [-0.2, 0) is 9.53 Å². The van der Waals surface area contributed by atoms with Crippen molar-refractivity contribution in [3.8, 4) is 0 Å². The Morgan fingerprint density at radius 2 is 2.20 bits per heavy atom. The molecule has 2 bridgehead atoms. The molecular formula is C12H14ClN5O2. The van der Waals surface area contributed by atoms with Crippen LogP contribution in [0.3, 0.4) is 0 Å². The van der Waals surface area contributed by atoms with Crippen molar-refractivity contribution in [2.45, 2.75) is 18.6 Å². The number of carbonyl (C=O) groups excluding carboxylic acids is 1. The van der Waals surface area contributed by atoms with Crippen molar-refractivity contribution in [1.82, 2.24) is 15.2 Å². The van der Waals surface area contributed by atoms with Crippen molar-refractivity contribution in [1.29, 1.82) is 0 Å². The Hall–Kier alpha value is -1.86. The van der Waals surface area contributed by atoms with Crippen molar-refractivity contribution < 1.29 is 9.53 Å². The van der Waals surface area contributed by atoms with Crippen LogP contribution in [0.5, 0.6) is 0 Å². The van der Waals surface area contributed by atoms with Gasteiger partial charge in [-0.2, -0.15) is 5.10 Å². The van der Waals surface area contributed by atoms with Crippen LogP contribution in [0.15, 0.2) is 12.3 Å². The van der Waals surface area contributed by atoms with E-state index in [0.29, 0.717) is 24.4 Å². The largest absolute Gasteiger partial charge is 0.371 e. The lowest BCUT2D eigenvalue weighted by atomic mass is 9.99. The normalized spacial score (nSPS) is 23.9. The summed E-state index contributed by atoms with van der Waals surface area (Å²) < 4.78 is 5.62. The minimum atomic E-state index is 0. The van der Waals surface area contributed by atoms with Crippen LogP contribution in [0.4, 0.5) is 11.6 Å². The Kier molecular flexibility index (Phi) is 3.23. The van der Waals surface area contributed by atoms with Gasteiger partial charge in [0.2, 0.25) is 6.41 Å². The molecule has 3 aliphatic rings. The number of anilines is 2. The van der Waals surface area contributed by atoms with Gasteiger partial charge in [-0.05, 0) is 0 Å². The van der Waals surface area contributed by atoms with Gasteiger partial charge in [-0.25, -0.2) is 4.98 Å². The first-order valence-electron chi connectivity index (χ1n) is 6.28. The molecule has 20 heavy (non-hydrogen) atoms. The number of pyridine rings is 1. The smallest absolute Gasteiger partial charge is 0.212 e. The fourth-order valence-corrected chi connectivity index (χ4v) is 2.81. The van der Waals surface area contributed by atoms with Gasteiger partial charge in [0.05, 0.1) is 23.1 Å². The second-order valence-corrected chi connectivity index (χ2v) is 4.95. The molecule has 2 aromatic rings. The van der Waals surface area contributed by atoms with E-state index in [1.54, 1.807) is 12.3 Å². The number of hydrogen-bond donors (Lipinski definition) is 2. The number of aromatic amines is 1. The standard InChI is InChI=1S/C12H13N5O2.ClH/c18-6-14-11-2-10-9(3-13-11)12(16-15-10)17-4-7-1-8(5-17)19-7;/h2-3,6-8H,1,4-5H2,(H,15,16)(H,13,14,18);1H. The van der Waals surface area contributed by atoms with E-state index in [4.69, 9.17) is 4.74 Å². The third-order valence-electron chi connectivity index (χ3n) is 3.69. The molecule has 3 fully saturated rings. The third kappa shape index (κ3) is 1.99. The SMILES string of the molecule is Cl.O=CNc1cc2[nH]nc(N3CC4CC(C3)O4)c2cn1. The van der Waals surface area contributed by atoms with Gasteiger partial charge in [0.25, 0.3) is 0 Å². The van der Waals surface area contributed by atoms with Gasteiger partial charge >= 0.3 is 0 Å². The molecule has 2 atom stereocenters. The highest BCUT2D eigenvalue weighted by molar-refractivity contribution is 5.91. The molecule has 3 saturated heterocycles. The first-order chi connectivity index (χ1) is 9.33. The van der Waals surface area contributed by atoms with Gasteiger partial charge in [-0.1, -0.05) is 0 Å². The number of hydrogen-bond acceptors (Lipinski definition) is 5. The van der Waals surface area contributed by atoms with Gasteiger partial charge in [0.15, 0.2) is 5.82 Å². The first kappa shape index (κ1) is 13.1. The van der Waals surface area contributed by atoms with E-state index in [9.17, 15) is 4.79 Å². The van der Waals surface area contributed by atoms with E-state index in [0.717, 1.165) is 36.2 Å². The number of halogens is 1. The minimum Gasteiger partial charge on any atom is -0.371 e. The van der Waals surface area contributed by atoms with Crippen molar-refractivity contribution in [2.24, 2.45) is 0 Å². The molecule has 1 amide bonds. The maximum atomic E-state index is 10.4. The Labute approximate surface area is 121 Å². The van der Waals surface area contributed by atoms with Gasteiger partial charge in [0.1, 0.15) is 5.82 Å². The van der Waals surface area contributed by atoms with Crippen LogP contribution in [-0.4, -0.2) is 46.9 Å². The lowest BCUT2D eigenvalue weighted by Gasteiger charge is -2.47. The highest BCUT2D eigenvalue weighted by Crippen LogP contribution is 2.33. The van der Waals surface area contributed by atoms with E-state index < -0.39 is 0 Å². The number of fused-ring (bicyclic) bond motifs is 3. The molecule has 2 N–H and O–H groups in total. The second-order valence-electron chi connectivity index (χ2n) is 4.95. The number of nitrogens with zero attached hydrogens (tertiary/aromatic N) is 3. The van der Waals surface area contributed by atoms with Crippen LogP contribution < -0.4 is 10.2 Å². The van der Waals surface area contributed by atoms with Crippen molar-refractivity contribution in [3.05, 3.63) is 12.3 Å². The second kappa shape index (κ2) is 4.92. The lowest BCUT2D eigenvalue weighted by molar-refractivity contribution is -0.133. The zero-order valence-electron chi connectivity index (χ0n) is 10.6. The summed E-state index contributed by atoms with van der Waals surface area (Å²) in [6.07, 6.45) is 4.19. The van der Waals surface area contributed by atoms with Crippen LogP contribution in [0.25, 0.3) is 10.9 Å². The zero-order valence-corrected chi connectivity index (χ0v) is 11.4. The molecule has 0 aliphatic carbocycles. The highest BCUT2D eigenvalue weighted by Gasteiger charge is 2.39. The maximum Gasteiger partial charge on any atom is 0.212 e. The predicted molar refractivity (Wildman–Crippen MR) is 76.3 cm³/mol. The number of aromatic nitrogens is 3. The Balaban J connectivity index is 0.00000121. The molecule has 0 radical (unpaired) electrons. The zero-order chi connectivity index (χ0) is 12.8. The van der Waals surface area contributed by atoms with Gasteiger partial charge in [-0.3, -0.25) is 9.89 Å². The van der Waals surface area contributed by atoms with Crippen LogP contribution in [0.1, 0.15) is 6.42 Å². The number of rotatable bonds is 3. The molecule has 2 unspecified atom stereocenters. The molecule has 0 saturated carbocycles. The van der Waals surface area contributed by atoms with E-state index in [1.807, 2.05) is 0 Å².